The van der Waals surface area contributed by atoms with Gasteiger partial charge in [-0.1, -0.05) is 35.9 Å². The highest BCUT2D eigenvalue weighted by Crippen LogP contribution is 2.30. The number of amides is 1. The number of aromatic nitrogens is 2. The van der Waals surface area contributed by atoms with Crippen LogP contribution in [0.1, 0.15) is 15.9 Å². The SMILES string of the molecule is O=C(NCCNc1nc(-c2ccccc2Cl)nc2ccccc12)c1ccc(C(F)(F)F)cc1. The van der Waals surface area contributed by atoms with Gasteiger partial charge in [-0.2, -0.15) is 13.2 Å². The zero-order valence-corrected chi connectivity index (χ0v) is 17.9. The van der Waals surface area contributed by atoms with Gasteiger partial charge in [-0.25, -0.2) is 9.97 Å². The summed E-state index contributed by atoms with van der Waals surface area (Å²) in [4.78, 5) is 21.5. The van der Waals surface area contributed by atoms with Crippen molar-refractivity contribution in [2.24, 2.45) is 0 Å². The Bertz CT molecular complexity index is 1290. The largest absolute Gasteiger partial charge is 0.416 e. The van der Waals surface area contributed by atoms with E-state index in [1.807, 2.05) is 42.5 Å². The standard InChI is InChI=1S/C24H18ClF3N4O/c25-19-7-3-1-5-17(19)22-31-20-8-4-2-6-18(20)21(32-22)29-13-14-30-23(33)15-9-11-16(12-10-15)24(26,27)28/h1-12H,13-14H2,(H,30,33)(H,29,31,32). The van der Waals surface area contributed by atoms with Crippen molar-refractivity contribution in [3.63, 3.8) is 0 Å². The lowest BCUT2D eigenvalue weighted by molar-refractivity contribution is -0.137. The van der Waals surface area contributed by atoms with Crippen LogP contribution in [-0.2, 0) is 6.18 Å². The summed E-state index contributed by atoms with van der Waals surface area (Å²) in [6, 6.07) is 18.8. The van der Waals surface area contributed by atoms with Crippen LogP contribution in [0.25, 0.3) is 22.3 Å². The third-order valence-electron chi connectivity index (χ3n) is 4.90. The molecule has 168 valence electrons. The topological polar surface area (TPSA) is 66.9 Å². The van der Waals surface area contributed by atoms with Gasteiger partial charge in [0.1, 0.15) is 5.82 Å². The molecule has 0 radical (unpaired) electrons. The van der Waals surface area contributed by atoms with Crippen LogP contribution in [0.15, 0.2) is 72.8 Å². The molecule has 0 atom stereocenters. The number of nitrogens with one attached hydrogen (secondary N) is 2. The van der Waals surface area contributed by atoms with Gasteiger partial charge in [-0.05, 0) is 48.5 Å². The second-order valence-electron chi connectivity index (χ2n) is 7.15. The first-order valence-corrected chi connectivity index (χ1v) is 10.4. The minimum absolute atomic E-state index is 0.150. The molecule has 4 rings (SSSR count). The molecule has 0 saturated heterocycles. The van der Waals surface area contributed by atoms with Crippen LogP contribution in [0.3, 0.4) is 0 Å². The fourth-order valence-electron chi connectivity index (χ4n) is 3.24. The van der Waals surface area contributed by atoms with Gasteiger partial charge in [0.05, 0.1) is 16.1 Å². The van der Waals surface area contributed by atoms with Crippen molar-refractivity contribution in [1.82, 2.24) is 15.3 Å². The van der Waals surface area contributed by atoms with E-state index < -0.39 is 17.6 Å². The van der Waals surface area contributed by atoms with E-state index in [0.717, 1.165) is 35.2 Å². The molecule has 0 aliphatic rings. The van der Waals surface area contributed by atoms with Crippen molar-refractivity contribution in [2.75, 3.05) is 18.4 Å². The van der Waals surface area contributed by atoms with Crippen molar-refractivity contribution < 1.29 is 18.0 Å². The lowest BCUT2D eigenvalue weighted by atomic mass is 10.1. The molecule has 0 aliphatic heterocycles. The van der Waals surface area contributed by atoms with Crippen LogP contribution in [0.2, 0.25) is 5.02 Å². The molecular formula is C24H18ClF3N4O. The molecule has 0 unspecified atom stereocenters. The molecule has 0 bridgehead atoms. The summed E-state index contributed by atoms with van der Waals surface area (Å²) in [5.74, 6) is 0.588. The number of carbonyl (C=O) groups excluding carboxylic acids is 1. The number of para-hydroxylation sites is 1. The predicted molar refractivity (Wildman–Crippen MR) is 122 cm³/mol. The number of alkyl halides is 3. The first kappa shape index (κ1) is 22.5. The number of halogens is 4. The molecule has 4 aromatic rings. The molecule has 33 heavy (non-hydrogen) atoms. The summed E-state index contributed by atoms with van der Waals surface area (Å²) in [5, 5.41) is 7.22. The van der Waals surface area contributed by atoms with Gasteiger partial charge in [-0.15, -0.1) is 0 Å². The Morgan fingerprint density at radius 2 is 1.58 bits per heavy atom. The van der Waals surface area contributed by atoms with Crippen LogP contribution in [0, 0.1) is 0 Å². The Labute approximate surface area is 192 Å². The summed E-state index contributed by atoms with van der Waals surface area (Å²) in [6.45, 7) is 0.578. The van der Waals surface area contributed by atoms with Crippen molar-refractivity contribution in [3.05, 3.63) is 88.9 Å². The van der Waals surface area contributed by atoms with Crippen LogP contribution >= 0.6 is 11.6 Å². The van der Waals surface area contributed by atoms with Gasteiger partial charge in [0.15, 0.2) is 5.82 Å². The zero-order chi connectivity index (χ0) is 23.4. The van der Waals surface area contributed by atoms with Gasteiger partial charge in [-0.3, -0.25) is 4.79 Å². The number of rotatable bonds is 6. The third kappa shape index (κ3) is 5.23. The number of benzene rings is 3. The molecule has 1 amide bonds. The fraction of sp³-hybridized carbons (Fsp3) is 0.125. The van der Waals surface area contributed by atoms with Crippen molar-refractivity contribution >= 4 is 34.2 Å². The van der Waals surface area contributed by atoms with Crippen LogP contribution in [-0.4, -0.2) is 29.0 Å². The van der Waals surface area contributed by atoms with Crippen LogP contribution < -0.4 is 10.6 Å². The van der Waals surface area contributed by atoms with Crippen LogP contribution in [0.4, 0.5) is 19.0 Å². The Morgan fingerprint density at radius 3 is 2.30 bits per heavy atom. The molecule has 0 fully saturated rings. The first-order chi connectivity index (χ1) is 15.8. The lowest BCUT2D eigenvalue weighted by Crippen LogP contribution is -2.29. The normalized spacial score (nSPS) is 11.4. The van der Waals surface area contributed by atoms with Gasteiger partial charge in [0.2, 0.25) is 0 Å². The summed E-state index contributed by atoms with van der Waals surface area (Å²) in [5.41, 5.74) is 0.782. The zero-order valence-electron chi connectivity index (χ0n) is 17.2. The van der Waals surface area contributed by atoms with Crippen molar-refractivity contribution in [3.8, 4) is 11.4 Å². The number of nitrogens with zero attached hydrogens (tertiary/aromatic N) is 2. The Hall–Kier alpha value is -3.65. The fourth-order valence-corrected chi connectivity index (χ4v) is 3.46. The summed E-state index contributed by atoms with van der Waals surface area (Å²) < 4.78 is 38.0. The minimum atomic E-state index is -4.44. The number of hydrogen-bond donors (Lipinski definition) is 2. The highest BCUT2D eigenvalue weighted by Gasteiger charge is 2.30. The van der Waals surface area contributed by atoms with E-state index in [0.29, 0.717) is 28.8 Å². The van der Waals surface area contributed by atoms with Gasteiger partial charge in [0, 0.05) is 29.6 Å². The molecule has 0 saturated carbocycles. The maximum Gasteiger partial charge on any atom is 0.416 e. The molecular weight excluding hydrogens is 453 g/mol. The monoisotopic (exact) mass is 470 g/mol. The molecule has 3 aromatic carbocycles. The average molecular weight is 471 g/mol. The van der Waals surface area contributed by atoms with E-state index in [1.54, 1.807) is 6.07 Å². The Balaban J connectivity index is 1.45. The smallest absolute Gasteiger partial charge is 0.368 e. The quantitative estimate of drug-likeness (QED) is 0.349. The van der Waals surface area contributed by atoms with E-state index >= 15 is 0 Å². The van der Waals surface area contributed by atoms with E-state index in [9.17, 15) is 18.0 Å². The molecule has 0 aliphatic carbocycles. The van der Waals surface area contributed by atoms with Gasteiger partial charge >= 0.3 is 6.18 Å². The predicted octanol–water partition coefficient (Wildman–Crippen LogP) is 5.81. The average Bonchev–Trinajstić information content (AvgIpc) is 2.81. The van der Waals surface area contributed by atoms with Crippen molar-refractivity contribution in [2.45, 2.75) is 6.18 Å². The number of fused-ring (bicyclic) bond motifs is 1. The first-order valence-electron chi connectivity index (χ1n) is 10.0. The Morgan fingerprint density at radius 1 is 0.879 bits per heavy atom. The molecule has 0 spiro atoms. The van der Waals surface area contributed by atoms with Crippen molar-refractivity contribution in [1.29, 1.82) is 0 Å². The van der Waals surface area contributed by atoms with E-state index in [1.165, 1.54) is 0 Å². The highest BCUT2D eigenvalue weighted by molar-refractivity contribution is 6.33. The lowest BCUT2D eigenvalue weighted by Gasteiger charge is -2.12. The molecule has 9 heteroatoms. The number of carbonyl (C=O) groups is 1. The van der Waals surface area contributed by atoms with E-state index in [2.05, 4.69) is 20.6 Å². The van der Waals surface area contributed by atoms with E-state index in [4.69, 9.17) is 11.6 Å². The maximum absolute atomic E-state index is 12.7. The molecule has 5 nitrogen and oxygen atoms in total. The number of hydrogen-bond acceptors (Lipinski definition) is 4. The second-order valence-corrected chi connectivity index (χ2v) is 7.56. The van der Waals surface area contributed by atoms with Gasteiger partial charge in [0.25, 0.3) is 5.91 Å². The molecule has 1 aromatic heterocycles. The summed E-state index contributed by atoms with van der Waals surface area (Å²) in [6.07, 6.45) is -4.44. The maximum atomic E-state index is 12.7. The molecule has 1 heterocycles. The summed E-state index contributed by atoms with van der Waals surface area (Å²) >= 11 is 6.31. The second kappa shape index (κ2) is 9.46. The minimum Gasteiger partial charge on any atom is -0.368 e. The summed E-state index contributed by atoms with van der Waals surface area (Å²) in [7, 11) is 0. The third-order valence-corrected chi connectivity index (χ3v) is 5.22. The highest BCUT2D eigenvalue weighted by atomic mass is 35.5. The Kier molecular flexibility index (Phi) is 6.46. The molecule has 2 N–H and O–H groups in total. The van der Waals surface area contributed by atoms with Crippen LogP contribution in [0.5, 0.6) is 0 Å². The number of anilines is 1. The van der Waals surface area contributed by atoms with E-state index in [-0.39, 0.29) is 12.1 Å². The van der Waals surface area contributed by atoms with Gasteiger partial charge < -0.3 is 10.6 Å².